The normalized spacial score (nSPS) is 19.1. The Hall–Kier alpha value is -1.32. The van der Waals surface area contributed by atoms with Gasteiger partial charge in [0.25, 0.3) is 0 Å². The first-order valence-corrected chi connectivity index (χ1v) is 7.49. The van der Waals surface area contributed by atoms with Crippen LogP contribution in [-0.4, -0.2) is 25.5 Å². The molecule has 0 aromatic heterocycles. The fraction of sp³-hybridized carbons (Fsp3) is 0.471. The van der Waals surface area contributed by atoms with Crippen molar-refractivity contribution in [1.82, 2.24) is 10.6 Å². The van der Waals surface area contributed by atoms with E-state index in [1.54, 1.807) is 0 Å². The number of amides is 1. The molecule has 0 unspecified atom stereocenters. The van der Waals surface area contributed by atoms with E-state index in [1.807, 2.05) is 18.2 Å². The first-order valence-electron chi connectivity index (χ1n) is 7.49. The molecule has 1 aromatic rings. The van der Waals surface area contributed by atoms with Gasteiger partial charge in [-0.3, -0.25) is 4.79 Å². The Labute approximate surface area is 132 Å². The molecule has 0 spiro atoms. The molecule has 21 heavy (non-hydrogen) atoms. The van der Waals surface area contributed by atoms with Gasteiger partial charge >= 0.3 is 0 Å². The predicted molar refractivity (Wildman–Crippen MR) is 87.6 cm³/mol. The fourth-order valence-corrected chi connectivity index (χ4v) is 2.83. The van der Waals surface area contributed by atoms with Crippen molar-refractivity contribution < 1.29 is 4.79 Å². The molecule has 1 aliphatic heterocycles. The fourth-order valence-electron chi connectivity index (χ4n) is 2.83. The summed E-state index contributed by atoms with van der Waals surface area (Å²) >= 11 is 0. The molecule has 1 saturated carbocycles. The third-order valence-corrected chi connectivity index (χ3v) is 4.35. The van der Waals surface area contributed by atoms with Crippen LogP contribution in [0.25, 0.3) is 0 Å². The zero-order valence-corrected chi connectivity index (χ0v) is 13.0. The molecule has 2 aliphatic rings. The van der Waals surface area contributed by atoms with Crippen molar-refractivity contribution >= 4 is 18.3 Å². The van der Waals surface area contributed by atoms with Gasteiger partial charge in [0.2, 0.25) is 5.91 Å². The van der Waals surface area contributed by atoms with Crippen molar-refractivity contribution in [2.45, 2.75) is 25.7 Å². The van der Waals surface area contributed by atoms with E-state index in [1.165, 1.54) is 11.1 Å². The number of carbonyl (C=O) groups excluding carboxylic acids is 1. The van der Waals surface area contributed by atoms with E-state index in [0.717, 1.165) is 45.3 Å². The van der Waals surface area contributed by atoms with E-state index < -0.39 is 0 Å². The van der Waals surface area contributed by atoms with E-state index in [2.05, 4.69) is 28.8 Å². The maximum absolute atomic E-state index is 12.4. The van der Waals surface area contributed by atoms with Crippen LogP contribution in [-0.2, 0) is 11.2 Å². The molecule has 1 amide bonds. The van der Waals surface area contributed by atoms with Crippen LogP contribution in [0.4, 0.5) is 0 Å². The van der Waals surface area contributed by atoms with Crippen LogP contribution in [0.5, 0.6) is 0 Å². The van der Waals surface area contributed by atoms with Gasteiger partial charge in [0, 0.05) is 13.1 Å². The highest BCUT2D eigenvalue weighted by Gasteiger charge is 2.49. The van der Waals surface area contributed by atoms with E-state index in [-0.39, 0.29) is 23.7 Å². The molecule has 0 radical (unpaired) electrons. The quantitative estimate of drug-likeness (QED) is 0.821. The highest BCUT2D eigenvalue weighted by atomic mass is 35.5. The highest BCUT2D eigenvalue weighted by molar-refractivity contribution is 5.86. The van der Waals surface area contributed by atoms with E-state index in [0.29, 0.717) is 0 Å². The zero-order chi connectivity index (χ0) is 13.8. The summed E-state index contributed by atoms with van der Waals surface area (Å²) in [4.78, 5) is 12.4. The second kappa shape index (κ2) is 7.10. The predicted octanol–water partition coefficient (Wildman–Crippen LogP) is 2.47. The Kier molecular flexibility index (Phi) is 5.43. The third kappa shape index (κ3) is 4.08. The van der Waals surface area contributed by atoms with Gasteiger partial charge < -0.3 is 10.6 Å². The smallest absolute Gasteiger partial charge is 0.226 e. The SMILES string of the molecule is Cl.O=C(NCC1=CCNCC1)C1(Cc2ccccc2)CC1. The number of rotatable bonds is 5. The highest BCUT2D eigenvalue weighted by Crippen LogP contribution is 2.48. The monoisotopic (exact) mass is 306 g/mol. The van der Waals surface area contributed by atoms with Crippen LogP contribution in [0.2, 0.25) is 0 Å². The van der Waals surface area contributed by atoms with Crippen molar-refractivity contribution in [3.8, 4) is 0 Å². The van der Waals surface area contributed by atoms with Crippen molar-refractivity contribution in [3.05, 3.63) is 47.5 Å². The van der Waals surface area contributed by atoms with Crippen molar-refractivity contribution in [3.63, 3.8) is 0 Å². The largest absolute Gasteiger partial charge is 0.352 e. The standard InChI is InChI=1S/C17H22N2O.ClH/c20-16(19-13-15-6-10-18-11-7-15)17(8-9-17)12-14-4-2-1-3-5-14;/h1-6,18H,7-13H2,(H,19,20);1H. The van der Waals surface area contributed by atoms with Crippen LogP contribution in [0.15, 0.2) is 42.0 Å². The van der Waals surface area contributed by atoms with Gasteiger partial charge in [0.1, 0.15) is 0 Å². The Morgan fingerprint density at radius 1 is 1.24 bits per heavy atom. The second-order valence-corrected chi connectivity index (χ2v) is 5.94. The molecule has 3 rings (SSSR count). The minimum absolute atomic E-state index is 0. The molecule has 1 fully saturated rings. The Morgan fingerprint density at radius 3 is 2.62 bits per heavy atom. The van der Waals surface area contributed by atoms with Crippen LogP contribution < -0.4 is 10.6 Å². The lowest BCUT2D eigenvalue weighted by Crippen LogP contribution is -2.36. The molecule has 0 atom stereocenters. The van der Waals surface area contributed by atoms with Gasteiger partial charge in [0.05, 0.1) is 5.41 Å². The van der Waals surface area contributed by atoms with E-state index >= 15 is 0 Å². The summed E-state index contributed by atoms with van der Waals surface area (Å²) in [7, 11) is 0. The Morgan fingerprint density at radius 2 is 2.00 bits per heavy atom. The van der Waals surface area contributed by atoms with Crippen LogP contribution in [0, 0.1) is 5.41 Å². The van der Waals surface area contributed by atoms with Crippen molar-refractivity contribution in [1.29, 1.82) is 0 Å². The molecule has 1 aromatic carbocycles. The van der Waals surface area contributed by atoms with Crippen LogP contribution in [0.3, 0.4) is 0 Å². The van der Waals surface area contributed by atoms with E-state index in [4.69, 9.17) is 0 Å². The number of nitrogens with one attached hydrogen (secondary N) is 2. The van der Waals surface area contributed by atoms with Gasteiger partial charge in [-0.2, -0.15) is 0 Å². The summed E-state index contributed by atoms with van der Waals surface area (Å²) in [5.74, 6) is 0.237. The van der Waals surface area contributed by atoms with Gasteiger partial charge in [-0.25, -0.2) is 0 Å². The topological polar surface area (TPSA) is 41.1 Å². The third-order valence-electron chi connectivity index (χ3n) is 4.35. The summed E-state index contributed by atoms with van der Waals surface area (Å²) in [6.45, 7) is 2.67. The summed E-state index contributed by atoms with van der Waals surface area (Å²) in [5.41, 5.74) is 2.49. The molecule has 2 N–H and O–H groups in total. The van der Waals surface area contributed by atoms with Crippen LogP contribution >= 0.6 is 12.4 Å². The molecule has 0 bridgehead atoms. The van der Waals surface area contributed by atoms with Crippen molar-refractivity contribution in [2.24, 2.45) is 5.41 Å². The maximum Gasteiger partial charge on any atom is 0.226 e. The average Bonchev–Trinajstić information content (AvgIpc) is 3.28. The van der Waals surface area contributed by atoms with Crippen LogP contribution in [0.1, 0.15) is 24.8 Å². The summed E-state index contributed by atoms with van der Waals surface area (Å²) in [6, 6.07) is 10.3. The number of hydrogen-bond donors (Lipinski definition) is 2. The first-order chi connectivity index (χ1) is 9.78. The van der Waals surface area contributed by atoms with Crippen molar-refractivity contribution in [2.75, 3.05) is 19.6 Å². The van der Waals surface area contributed by atoms with Gasteiger partial charge in [-0.05, 0) is 37.8 Å². The molecular weight excluding hydrogens is 284 g/mol. The molecule has 1 aliphatic carbocycles. The molecular formula is C17H23ClN2O. The lowest BCUT2D eigenvalue weighted by Gasteiger charge is -2.18. The minimum atomic E-state index is -0.130. The molecule has 3 nitrogen and oxygen atoms in total. The first kappa shape index (κ1) is 16.1. The minimum Gasteiger partial charge on any atom is -0.352 e. The summed E-state index contributed by atoms with van der Waals surface area (Å²) < 4.78 is 0. The lowest BCUT2D eigenvalue weighted by molar-refractivity contribution is -0.126. The van der Waals surface area contributed by atoms with Gasteiger partial charge in [-0.15, -0.1) is 12.4 Å². The van der Waals surface area contributed by atoms with Gasteiger partial charge in [0.15, 0.2) is 0 Å². The summed E-state index contributed by atoms with van der Waals surface area (Å²) in [5, 5.41) is 6.43. The Balaban J connectivity index is 0.00000161. The lowest BCUT2D eigenvalue weighted by atomic mass is 9.95. The number of benzene rings is 1. The summed E-state index contributed by atoms with van der Waals surface area (Å²) in [6.07, 6.45) is 6.16. The molecule has 0 saturated heterocycles. The Bertz CT molecular complexity index is 509. The average molecular weight is 307 g/mol. The molecule has 1 heterocycles. The molecule has 4 heteroatoms. The maximum atomic E-state index is 12.4. The number of hydrogen-bond acceptors (Lipinski definition) is 2. The van der Waals surface area contributed by atoms with E-state index in [9.17, 15) is 4.79 Å². The number of carbonyl (C=O) groups is 1. The second-order valence-electron chi connectivity index (χ2n) is 5.94. The van der Waals surface area contributed by atoms with Gasteiger partial charge in [-0.1, -0.05) is 42.0 Å². The number of halogens is 1. The zero-order valence-electron chi connectivity index (χ0n) is 12.2. The molecule has 114 valence electrons.